The van der Waals surface area contributed by atoms with Crippen molar-refractivity contribution in [2.24, 2.45) is 0 Å². The van der Waals surface area contributed by atoms with E-state index in [1.54, 1.807) is 59.5 Å². The third kappa shape index (κ3) is 19.0. The van der Waals surface area contributed by atoms with Crippen LogP contribution in [0.3, 0.4) is 0 Å². The summed E-state index contributed by atoms with van der Waals surface area (Å²) in [5, 5.41) is 0. The Morgan fingerprint density at radius 1 is 0.333 bits per heavy atom. The number of hydrogen-bond acceptors (Lipinski definition) is 24. The van der Waals surface area contributed by atoms with Crippen molar-refractivity contribution < 1.29 is 101 Å². The average Bonchev–Trinajstić information content (AvgIpc) is 3.05. The molecule has 66 heavy (non-hydrogen) atoms. The summed E-state index contributed by atoms with van der Waals surface area (Å²) in [4.78, 5) is 0. The lowest BCUT2D eigenvalue weighted by molar-refractivity contribution is 0.0577. The molecule has 0 aromatic carbocycles. The molecule has 4 bridgehead atoms. The maximum atomic E-state index is 7.23. The van der Waals surface area contributed by atoms with Crippen LogP contribution in [0.4, 0.5) is 0 Å². The largest absolute Gasteiger partial charge is 0.559 e. The lowest BCUT2D eigenvalue weighted by atomic mass is 11.8. The topological polar surface area (TPSA) is 222 Å². The van der Waals surface area contributed by atoms with Gasteiger partial charge in [0.2, 0.25) is 0 Å². The molecule has 24 nitrogen and oxygen atoms in total. The van der Waals surface area contributed by atoms with Crippen LogP contribution < -0.4 is 0 Å². The fraction of sp³-hybridized carbons (Fsp3) is 1.00. The molecule has 3 rings (SSSR count). The first-order valence-electron chi connectivity index (χ1n) is 21.0. The summed E-state index contributed by atoms with van der Waals surface area (Å²) in [5.74, 6) is 0. The third-order valence-corrected chi connectivity index (χ3v) is 67.9. The maximum absolute atomic E-state index is 7.23. The molecule has 3 fully saturated rings. The average molecular weight is 1220 g/mol. The van der Waals surface area contributed by atoms with Crippen LogP contribution in [0, 0.1) is 0 Å². The van der Waals surface area contributed by atoms with E-state index < -0.39 is 141 Å². The standard InChI is InChI=1S/C26H78O24Si16/c1-27-51-33-54(9,10)39-57(15,16)42-62(22)36-52-34-55(11,12)38-56(13,14)40-58(17,18)43-65(25,41-53(7,8)28-2)49-64(24,37-52)46-60(20,31-5)45-61(21,32-6)47-66(26,48-62)50-63(23,35-51)44-59(19,29-3)30-4/h1-26H3. The Bertz CT molecular complexity index is 1630. The molecule has 40 heteroatoms. The molecule has 0 amide bonds. The van der Waals surface area contributed by atoms with Gasteiger partial charge < -0.3 is 101 Å². The zero-order chi connectivity index (χ0) is 51.1. The molecule has 0 aromatic rings. The van der Waals surface area contributed by atoms with Gasteiger partial charge in [-0.1, -0.05) is 0 Å². The minimum atomic E-state index is -4.43. The van der Waals surface area contributed by atoms with E-state index in [9.17, 15) is 0 Å². The van der Waals surface area contributed by atoms with Crippen molar-refractivity contribution in [2.75, 3.05) is 42.7 Å². The van der Waals surface area contributed by atoms with Gasteiger partial charge in [0, 0.05) is 95.0 Å². The molecular weight excluding hydrogens is 1150 g/mol. The Balaban J connectivity index is 2.51. The second kappa shape index (κ2) is 22.0. The zero-order valence-corrected chi connectivity index (χ0v) is 59.8. The van der Waals surface area contributed by atoms with Crippen molar-refractivity contribution in [1.29, 1.82) is 0 Å². The quantitative estimate of drug-likeness (QED) is 0.265. The lowest BCUT2D eigenvalue weighted by Crippen LogP contribution is -2.73. The molecule has 0 aliphatic carbocycles. The van der Waals surface area contributed by atoms with Gasteiger partial charge in [0.05, 0.1) is 0 Å². The maximum Gasteiger partial charge on any atom is 0.559 e. The molecule has 3 aliphatic heterocycles. The van der Waals surface area contributed by atoms with Crippen LogP contribution in [0.5, 0.6) is 0 Å². The molecule has 0 aromatic heterocycles. The van der Waals surface area contributed by atoms with Crippen LogP contribution in [0.15, 0.2) is 0 Å². The second-order valence-electron chi connectivity index (χ2n) is 18.9. The highest BCUT2D eigenvalue weighted by Crippen LogP contribution is 2.39. The van der Waals surface area contributed by atoms with E-state index in [-0.39, 0.29) is 0 Å². The summed E-state index contributed by atoms with van der Waals surface area (Å²) < 4.78 is 161. The smallest absolute Gasteiger partial charge is 0.416 e. The summed E-state index contributed by atoms with van der Waals surface area (Å²) in [6.07, 6.45) is 0. The van der Waals surface area contributed by atoms with Crippen LogP contribution in [-0.4, -0.2) is 184 Å². The molecule has 3 heterocycles. The summed E-state index contributed by atoms with van der Waals surface area (Å²) >= 11 is 0. The summed E-state index contributed by atoms with van der Waals surface area (Å²) in [6.45, 7) is 35.9. The number of fused-ring (bicyclic) bond motifs is 4. The Labute approximate surface area is 412 Å². The van der Waals surface area contributed by atoms with Crippen LogP contribution in [-0.2, 0) is 101 Å². The zero-order valence-electron chi connectivity index (χ0n) is 43.8. The molecule has 3 aliphatic rings. The molecule has 2 radical (unpaired) electrons. The molecule has 7 unspecified atom stereocenters. The van der Waals surface area contributed by atoms with Crippen LogP contribution in [0.25, 0.3) is 0 Å². The molecule has 0 N–H and O–H groups in total. The SMILES string of the molecule is CO[Si]1O[Si](C)(C)O[Si](C)(C)O[Si]2(C)O[Si]3O[Si](C)(C)O[Si](C)(C)O[Si](C)(C)O[Si](C)(O[Si](C)(C)OC)O[Si](C)(O3)O[Si](C)(OC)O[Si](C)(OC)O[Si](C)(O2)O[Si](C)(O[Si](C)(OC)OC)O1. The van der Waals surface area contributed by atoms with E-state index in [0.29, 0.717) is 0 Å². The van der Waals surface area contributed by atoms with E-state index in [2.05, 4.69) is 0 Å². The Morgan fingerprint density at radius 2 is 0.742 bits per heavy atom. The molecule has 7 atom stereocenters. The monoisotopic (exact) mass is 1220 g/mol. The van der Waals surface area contributed by atoms with Gasteiger partial charge in [0.1, 0.15) is 0 Å². The molecule has 390 valence electrons. The fourth-order valence-corrected chi connectivity index (χ4v) is 75.2. The summed E-state index contributed by atoms with van der Waals surface area (Å²) in [5.41, 5.74) is 0. The molecule has 0 spiro atoms. The van der Waals surface area contributed by atoms with Gasteiger partial charge >= 0.3 is 141 Å². The normalized spacial score (nSPS) is 39.2. The molecular formula is C26H78O24Si16. The minimum absolute atomic E-state index is 1.43. The third-order valence-electron chi connectivity index (χ3n) is 8.97. The lowest BCUT2D eigenvalue weighted by Gasteiger charge is -2.49. The van der Waals surface area contributed by atoms with Gasteiger partial charge in [-0.05, 0) is 78.6 Å². The first-order chi connectivity index (χ1) is 29.4. The van der Waals surface area contributed by atoms with Gasteiger partial charge in [0.15, 0.2) is 0 Å². The van der Waals surface area contributed by atoms with Gasteiger partial charge in [0.25, 0.3) is 0 Å². The van der Waals surface area contributed by atoms with Crippen molar-refractivity contribution >= 4 is 141 Å². The van der Waals surface area contributed by atoms with Crippen molar-refractivity contribution in [2.45, 2.75) is 131 Å². The van der Waals surface area contributed by atoms with E-state index in [4.69, 9.17) is 101 Å². The Hall–Kier alpha value is 2.51. The Morgan fingerprint density at radius 3 is 1.21 bits per heavy atom. The van der Waals surface area contributed by atoms with Crippen molar-refractivity contribution in [3.63, 3.8) is 0 Å². The van der Waals surface area contributed by atoms with Gasteiger partial charge in [-0.15, -0.1) is 0 Å². The highest BCUT2D eigenvalue weighted by atomic mass is 28.6. The van der Waals surface area contributed by atoms with Gasteiger partial charge in [-0.3, -0.25) is 0 Å². The van der Waals surface area contributed by atoms with Gasteiger partial charge in [-0.25, -0.2) is 0 Å². The predicted molar refractivity (Wildman–Crippen MR) is 271 cm³/mol. The van der Waals surface area contributed by atoms with Gasteiger partial charge in [-0.2, -0.15) is 0 Å². The van der Waals surface area contributed by atoms with Crippen LogP contribution in [0.2, 0.25) is 131 Å². The first kappa shape index (κ1) is 62.8. The van der Waals surface area contributed by atoms with E-state index >= 15 is 0 Å². The summed E-state index contributed by atoms with van der Waals surface area (Å²) in [7, 11) is -48.9. The summed E-state index contributed by atoms with van der Waals surface area (Å²) in [6, 6.07) is 0. The van der Waals surface area contributed by atoms with Crippen molar-refractivity contribution in [3.8, 4) is 0 Å². The van der Waals surface area contributed by atoms with E-state index in [1.807, 2.05) is 78.6 Å². The second-order valence-corrected chi connectivity index (χ2v) is 67.6. The van der Waals surface area contributed by atoms with Crippen LogP contribution >= 0.6 is 0 Å². The number of rotatable bonds is 10. The first-order valence-corrected chi connectivity index (χ1v) is 58.2. The predicted octanol–water partition coefficient (Wildman–Crippen LogP) is 4.93. The van der Waals surface area contributed by atoms with Crippen LogP contribution in [0.1, 0.15) is 0 Å². The van der Waals surface area contributed by atoms with E-state index in [0.717, 1.165) is 0 Å². The highest BCUT2D eigenvalue weighted by molar-refractivity contribution is 6.95. The Kier molecular flexibility index (Phi) is 20.9. The van der Waals surface area contributed by atoms with E-state index in [1.165, 1.54) is 35.5 Å². The van der Waals surface area contributed by atoms with Crippen molar-refractivity contribution in [1.82, 2.24) is 0 Å². The minimum Gasteiger partial charge on any atom is -0.416 e. The number of hydrogen-bond donors (Lipinski definition) is 0. The molecule has 3 saturated heterocycles. The highest BCUT2D eigenvalue weighted by Gasteiger charge is 2.67. The molecule has 0 saturated carbocycles. The fourth-order valence-electron chi connectivity index (χ4n) is 7.33. The van der Waals surface area contributed by atoms with Crippen molar-refractivity contribution in [3.05, 3.63) is 0 Å².